The fourth-order valence-electron chi connectivity index (χ4n) is 1.87. The van der Waals surface area contributed by atoms with Crippen molar-refractivity contribution in [3.63, 3.8) is 0 Å². The third kappa shape index (κ3) is 3.27. The minimum Gasteiger partial charge on any atom is -0.309 e. The Morgan fingerprint density at radius 2 is 1.80 bits per heavy atom. The van der Waals surface area contributed by atoms with Crippen molar-refractivity contribution in [2.24, 2.45) is 0 Å². The summed E-state index contributed by atoms with van der Waals surface area (Å²) in [4.78, 5) is 14.2. The van der Waals surface area contributed by atoms with Gasteiger partial charge < -0.3 is 4.90 Å². The van der Waals surface area contributed by atoms with E-state index in [0.717, 1.165) is 8.95 Å². The molecular weight excluding hydrogens is 389 g/mol. The zero-order chi connectivity index (χ0) is 14.7. The van der Waals surface area contributed by atoms with E-state index < -0.39 is 0 Å². The molecule has 20 heavy (non-hydrogen) atoms. The summed E-state index contributed by atoms with van der Waals surface area (Å²) >= 11 is 6.74. The number of rotatable bonds is 3. The van der Waals surface area contributed by atoms with Crippen molar-refractivity contribution in [1.82, 2.24) is 0 Å². The number of amides is 1. The van der Waals surface area contributed by atoms with Crippen LogP contribution >= 0.6 is 31.9 Å². The first-order chi connectivity index (χ1) is 9.52. The Hall–Kier alpha value is -1.20. The van der Waals surface area contributed by atoms with Crippen molar-refractivity contribution in [1.29, 1.82) is 0 Å². The second-order valence-electron chi connectivity index (χ2n) is 4.15. The average Bonchev–Trinajstić information content (AvgIpc) is 2.44. The van der Waals surface area contributed by atoms with Crippen LogP contribution in [-0.4, -0.2) is 12.5 Å². The monoisotopic (exact) mass is 399 g/mol. The Bertz CT molecular complexity index is 628. The molecule has 0 aliphatic rings. The molecule has 0 unspecified atom stereocenters. The van der Waals surface area contributed by atoms with Crippen LogP contribution in [0.4, 0.5) is 10.1 Å². The highest BCUT2D eigenvalue weighted by atomic mass is 79.9. The molecule has 5 heteroatoms. The molecule has 0 radical (unpaired) electrons. The highest BCUT2D eigenvalue weighted by Gasteiger charge is 2.18. The van der Waals surface area contributed by atoms with Crippen molar-refractivity contribution >= 4 is 43.5 Å². The third-order valence-electron chi connectivity index (χ3n) is 2.86. The second-order valence-corrected chi connectivity index (χ2v) is 5.92. The van der Waals surface area contributed by atoms with Gasteiger partial charge in [-0.1, -0.05) is 15.9 Å². The maximum atomic E-state index is 13.0. The van der Waals surface area contributed by atoms with Crippen LogP contribution in [0.15, 0.2) is 51.4 Å². The van der Waals surface area contributed by atoms with Crippen LogP contribution < -0.4 is 4.90 Å². The van der Waals surface area contributed by atoms with E-state index in [1.165, 1.54) is 12.1 Å². The van der Waals surface area contributed by atoms with E-state index in [4.69, 9.17) is 0 Å². The van der Waals surface area contributed by atoms with Gasteiger partial charge in [-0.15, -0.1) is 0 Å². The van der Waals surface area contributed by atoms with Crippen molar-refractivity contribution in [3.05, 3.63) is 62.8 Å². The lowest BCUT2D eigenvalue weighted by Crippen LogP contribution is -2.30. The van der Waals surface area contributed by atoms with E-state index >= 15 is 0 Å². The fourth-order valence-corrected chi connectivity index (χ4v) is 2.65. The van der Waals surface area contributed by atoms with Crippen LogP contribution in [0, 0.1) is 5.82 Å². The van der Waals surface area contributed by atoms with Gasteiger partial charge in [-0.05, 0) is 65.3 Å². The summed E-state index contributed by atoms with van der Waals surface area (Å²) in [6.07, 6.45) is 0. The van der Waals surface area contributed by atoms with Crippen molar-refractivity contribution in [2.75, 3.05) is 11.4 Å². The summed E-state index contributed by atoms with van der Waals surface area (Å²) in [5.74, 6) is -0.451. The second kappa shape index (κ2) is 6.50. The summed E-state index contributed by atoms with van der Waals surface area (Å²) in [7, 11) is 0. The van der Waals surface area contributed by atoms with Crippen LogP contribution in [0.3, 0.4) is 0 Å². The predicted molar refractivity (Wildman–Crippen MR) is 85.6 cm³/mol. The Morgan fingerprint density at radius 3 is 2.40 bits per heavy atom. The molecule has 2 rings (SSSR count). The van der Waals surface area contributed by atoms with Crippen molar-refractivity contribution < 1.29 is 9.18 Å². The SMILES string of the molecule is CCN(C(=O)c1cc(Br)ccc1Br)c1ccc(F)cc1. The van der Waals surface area contributed by atoms with Crippen LogP contribution in [0.2, 0.25) is 0 Å². The van der Waals surface area contributed by atoms with Crippen LogP contribution in [0.1, 0.15) is 17.3 Å². The van der Waals surface area contributed by atoms with E-state index in [-0.39, 0.29) is 11.7 Å². The quantitative estimate of drug-likeness (QED) is 0.708. The van der Waals surface area contributed by atoms with Gasteiger partial charge in [-0.3, -0.25) is 4.79 Å². The molecule has 0 saturated carbocycles. The highest BCUT2D eigenvalue weighted by molar-refractivity contribution is 9.11. The molecule has 1 amide bonds. The first-order valence-electron chi connectivity index (χ1n) is 6.05. The summed E-state index contributed by atoms with van der Waals surface area (Å²) in [6.45, 7) is 2.39. The lowest BCUT2D eigenvalue weighted by atomic mass is 10.2. The van der Waals surface area contributed by atoms with Gasteiger partial charge in [0.1, 0.15) is 5.82 Å². The number of nitrogens with zero attached hydrogens (tertiary/aromatic N) is 1. The van der Waals surface area contributed by atoms with Crippen LogP contribution in [0.25, 0.3) is 0 Å². The average molecular weight is 401 g/mol. The van der Waals surface area contributed by atoms with E-state index in [1.54, 1.807) is 23.1 Å². The molecular formula is C15H12Br2FNO. The van der Waals surface area contributed by atoms with Crippen LogP contribution in [-0.2, 0) is 0 Å². The first-order valence-corrected chi connectivity index (χ1v) is 7.64. The molecule has 2 aromatic carbocycles. The number of carbonyl (C=O) groups is 1. The molecule has 0 aromatic heterocycles. The minimum atomic E-state index is -0.319. The fraction of sp³-hybridized carbons (Fsp3) is 0.133. The summed E-state index contributed by atoms with van der Waals surface area (Å²) in [5, 5.41) is 0. The van der Waals surface area contributed by atoms with Gasteiger partial charge in [-0.2, -0.15) is 0 Å². The summed E-state index contributed by atoms with van der Waals surface area (Å²) < 4.78 is 14.5. The lowest BCUT2D eigenvalue weighted by Gasteiger charge is -2.21. The topological polar surface area (TPSA) is 20.3 Å². The maximum absolute atomic E-state index is 13.0. The van der Waals surface area contributed by atoms with Gasteiger partial charge in [0.15, 0.2) is 0 Å². The van der Waals surface area contributed by atoms with E-state index in [1.807, 2.05) is 19.1 Å². The van der Waals surface area contributed by atoms with Gasteiger partial charge in [0.05, 0.1) is 5.56 Å². The normalized spacial score (nSPS) is 10.4. The predicted octanol–water partition coefficient (Wildman–Crippen LogP) is 5.02. The number of benzene rings is 2. The van der Waals surface area contributed by atoms with E-state index in [2.05, 4.69) is 31.9 Å². The molecule has 0 aliphatic heterocycles. The van der Waals surface area contributed by atoms with Crippen LogP contribution in [0.5, 0.6) is 0 Å². The minimum absolute atomic E-state index is 0.132. The molecule has 0 aliphatic carbocycles. The first kappa shape index (κ1) is 15.2. The maximum Gasteiger partial charge on any atom is 0.259 e. The Labute approximate surface area is 133 Å². The molecule has 0 fully saturated rings. The van der Waals surface area contributed by atoms with Gasteiger partial charge >= 0.3 is 0 Å². The molecule has 0 atom stereocenters. The molecule has 0 bridgehead atoms. The van der Waals surface area contributed by atoms with Gasteiger partial charge in [0.2, 0.25) is 0 Å². The number of hydrogen-bond donors (Lipinski definition) is 0. The number of carbonyl (C=O) groups excluding carboxylic acids is 1. The molecule has 2 aromatic rings. The van der Waals surface area contributed by atoms with Crippen molar-refractivity contribution in [2.45, 2.75) is 6.92 Å². The number of anilines is 1. The lowest BCUT2D eigenvalue weighted by molar-refractivity contribution is 0.0987. The van der Waals surface area contributed by atoms with Crippen molar-refractivity contribution in [3.8, 4) is 0 Å². The van der Waals surface area contributed by atoms with E-state index in [0.29, 0.717) is 17.8 Å². The number of halogens is 3. The third-order valence-corrected chi connectivity index (χ3v) is 4.04. The largest absolute Gasteiger partial charge is 0.309 e. The molecule has 2 nitrogen and oxygen atoms in total. The Morgan fingerprint density at radius 1 is 1.15 bits per heavy atom. The van der Waals surface area contributed by atoms with Gasteiger partial charge in [0.25, 0.3) is 5.91 Å². The molecule has 0 saturated heterocycles. The molecule has 104 valence electrons. The Kier molecular flexibility index (Phi) is 4.94. The zero-order valence-corrected chi connectivity index (χ0v) is 13.9. The molecule has 0 heterocycles. The smallest absolute Gasteiger partial charge is 0.259 e. The summed E-state index contributed by atoms with van der Waals surface area (Å²) in [6, 6.07) is 11.3. The van der Waals surface area contributed by atoms with E-state index in [9.17, 15) is 9.18 Å². The molecule has 0 N–H and O–H groups in total. The zero-order valence-electron chi connectivity index (χ0n) is 10.7. The van der Waals surface area contributed by atoms with Gasteiger partial charge in [0, 0.05) is 21.2 Å². The van der Waals surface area contributed by atoms with Gasteiger partial charge in [-0.25, -0.2) is 4.39 Å². The highest BCUT2D eigenvalue weighted by Crippen LogP contribution is 2.25. The Balaban J connectivity index is 2.38. The standard InChI is InChI=1S/C15H12Br2FNO/c1-2-19(12-6-4-11(18)5-7-12)15(20)13-9-10(16)3-8-14(13)17/h3-9H,2H2,1H3. The molecule has 0 spiro atoms. The number of hydrogen-bond acceptors (Lipinski definition) is 1. The summed E-state index contributed by atoms with van der Waals surface area (Å²) in [5.41, 5.74) is 1.23.